The van der Waals surface area contributed by atoms with Gasteiger partial charge in [-0.05, 0) is 42.5 Å². The van der Waals surface area contributed by atoms with E-state index in [1.165, 1.54) is 16.4 Å². The second-order valence-corrected chi connectivity index (χ2v) is 9.84. The molecule has 7 heteroatoms. The van der Waals surface area contributed by atoms with Gasteiger partial charge >= 0.3 is 0 Å². The van der Waals surface area contributed by atoms with E-state index in [-0.39, 0.29) is 29.4 Å². The average Bonchev–Trinajstić information content (AvgIpc) is 2.77. The van der Waals surface area contributed by atoms with Crippen LogP contribution < -0.4 is 5.32 Å². The zero-order valence-corrected chi connectivity index (χ0v) is 18.1. The van der Waals surface area contributed by atoms with E-state index in [0.29, 0.717) is 32.4 Å². The van der Waals surface area contributed by atoms with Crippen LogP contribution >= 0.6 is 0 Å². The number of amides is 1. The number of unbranched alkanes of at least 4 members (excludes halogenated alkanes) is 1. The van der Waals surface area contributed by atoms with E-state index in [9.17, 15) is 17.6 Å². The smallest absolute Gasteiger partial charge is 0.223 e. The Balaban J connectivity index is 1.68. The summed E-state index contributed by atoms with van der Waals surface area (Å²) in [6.45, 7) is 2.71. The molecule has 0 aromatic heterocycles. The van der Waals surface area contributed by atoms with Crippen LogP contribution in [0.2, 0.25) is 0 Å². The number of rotatable bonds is 8. The highest BCUT2D eigenvalue weighted by molar-refractivity contribution is 7.89. The van der Waals surface area contributed by atoms with Crippen molar-refractivity contribution in [2.75, 3.05) is 18.8 Å². The summed E-state index contributed by atoms with van der Waals surface area (Å²) in [7, 11) is -3.24. The van der Waals surface area contributed by atoms with E-state index < -0.39 is 10.0 Å². The van der Waals surface area contributed by atoms with Crippen molar-refractivity contribution in [2.45, 2.75) is 38.6 Å². The van der Waals surface area contributed by atoms with Gasteiger partial charge in [-0.3, -0.25) is 4.79 Å². The van der Waals surface area contributed by atoms with Gasteiger partial charge in [0, 0.05) is 19.0 Å². The second kappa shape index (κ2) is 10.2. The summed E-state index contributed by atoms with van der Waals surface area (Å²) in [4.78, 5) is 13.0. The Bertz CT molecular complexity index is 925. The predicted octanol–water partition coefficient (Wildman–Crippen LogP) is 3.87. The van der Waals surface area contributed by atoms with Crippen molar-refractivity contribution in [3.05, 3.63) is 71.5 Å². The first-order valence-electron chi connectivity index (χ1n) is 10.5. The van der Waals surface area contributed by atoms with Crippen LogP contribution in [-0.2, 0) is 14.8 Å². The highest BCUT2D eigenvalue weighted by Gasteiger charge is 2.31. The second-order valence-electron chi connectivity index (χ2n) is 7.75. The number of halogens is 1. The van der Waals surface area contributed by atoms with Crippen LogP contribution in [0.15, 0.2) is 54.6 Å². The van der Waals surface area contributed by atoms with Crippen LogP contribution in [0, 0.1) is 11.7 Å². The van der Waals surface area contributed by atoms with Gasteiger partial charge in [0.1, 0.15) is 5.82 Å². The molecule has 0 bridgehead atoms. The van der Waals surface area contributed by atoms with E-state index in [0.717, 1.165) is 17.5 Å². The van der Waals surface area contributed by atoms with Crippen molar-refractivity contribution in [3.8, 4) is 0 Å². The molecule has 0 saturated carbocycles. The molecule has 2 aromatic rings. The number of piperidine rings is 1. The Hall–Kier alpha value is -2.25. The first-order chi connectivity index (χ1) is 14.4. The van der Waals surface area contributed by atoms with Gasteiger partial charge in [0.2, 0.25) is 15.9 Å². The van der Waals surface area contributed by atoms with Gasteiger partial charge in [0.15, 0.2) is 0 Å². The number of carbonyl (C=O) groups excluding carboxylic acids is 1. The third-order valence-corrected chi connectivity index (χ3v) is 7.55. The fourth-order valence-electron chi connectivity index (χ4n) is 3.77. The summed E-state index contributed by atoms with van der Waals surface area (Å²) >= 11 is 0. The fourth-order valence-corrected chi connectivity index (χ4v) is 5.45. The molecule has 1 fully saturated rings. The summed E-state index contributed by atoms with van der Waals surface area (Å²) in [5.74, 6) is -0.498. The molecular formula is C23H29FN2O3S. The molecule has 1 N–H and O–H groups in total. The summed E-state index contributed by atoms with van der Waals surface area (Å²) < 4.78 is 39.7. The summed E-state index contributed by atoms with van der Waals surface area (Å²) in [6, 6.07) is 15.3. The fraction of sp³-hybridized carbons (Fsp3) is 0.435. The predicted molar refractivity (Wildman–Crippen MR) is 116 cm³/mol. The van der Waals surface area contributed by atoms with Gasteiger partial charge in [-0.2, -0.15) is 0 Å². The number of hydrogen-bond donors (Lipinski definition) is 1. The molecule has 1 unspecified atom stereocenters. The Kier molecular flexibility index (Phi) is 7.61. The highest BCUT2D eigenvalue weighted by atomic mass is 32.2. The van der Waals surface area contributed by atoms with Crippen LogP contribution in [0.4, 0.5) is 4.39 Å². The van der Waals surface area contributed by atoms with E-state index in [4.69, 9.17) is 0 Å². The third-order valence-electron chi connectivity index (χ3n) is 5.60. The van der Waals surface area contributed by atoms with E-state index in [2.05, 4.69) is 5.32 Å². The summed E-state index contributed by atoms with van der Waals surface area (Å²) in [6.07, 6.45) is 2.49. The lowest BCUT2D eigenvalue weighted by Crippen LogP contribution is -2.44. The maximum atomic E-state index is 13.4. The lowest BCUT2D eigenvalue weighted by molar-refractivity contribution is -0.126. The molecule has 1 amide bonds. The zero-order chi connectivity index (χ0) is 21.6. The molecule has 3 rings (SSSR count). The van der Waals surface area contributed by atoms with E-state index in [1.807, 2.05) is 37.3 Å². The quantitative estimate of drug-likeness (QED) is 0.689. The molecule has 1 heterocycles. The van der Waals surface area contributed by atoms with E-state index >= 15 is 0 Å². The molecule has 1 aliphatic heterocycles. The van der Waals surface area contributed by atoms with Crippen molar-refractivity contribution in [3.63, 3.8) is 0 Å². The first kappa shape index (κ1) is 22.4. The number of nitrogens with zero attached hydrogens (tertiary/aromatic N) is 1. The molecular weight excluding hydrogens is 403 g/mol. The van der Waals surface area contributed by atoms with Crippen LogP contribution in [0.3, 0.4) is 0 Å². The van der Waals surface area contributed by atoms with Gasteiger partial charge in [-0.1, -0.05) is 55.8 Å². The SMILES string of the molecule is CCCCS(=O)(=O)N1CCC(C(=O)NC(c2ccccc2)c2ccc(F)cc2)CC1. The topological polar surface area (TPSA) is 66.5 Å². The molecule has 1 aliphatic rings. The molecule has 0 spiro atoms. The minimum Gasteiger partial charge on any atom is -0.345 e. The molecule has 1 saturated heterocycles. The third kappa shape index (κ3) is 5.67. The maximum Gasteiger partial charge on any atom is 0.223 e. The highest BCUT2D eigenvalue weighted by Crippen LogP contribution is 2.26. The van der Waals surface area contributed by atoms with Gasteiger partial charge < -0.3 is 5.32 Å². The lowest BCUT2D eigenvalue weighted by atomic mass is 9.94. The van der Waals surface area contributed by atoms with Crippen molar-refractivity contribution >= 4 is 15.9 Å². The number of sulfonamides is 1. The minimum atomic E-state index is -3.24. The Morgan fingerprint density at radius 2 is 1.67 bits per heavy atom. The monoisotopic (exact) mass is 432 g/mol. The molecule has 162 valence electrons. The van der Waals surface area contributed by atoms with Crippen molar-refractivity contribution < 1.29 is 17.6 Å². The summed E-state index contributed by atoms with van der Waals surface area (Å²) in [5, 5.41) is 3.10. The largest absolute Gasteiger partial charge is 0.345 e. The lowest BCUT2D eigenvalue weighted by Gasteiger charge is -2.31. The van der Waals surface area contributed by atoms with Crippen LogP contribution in [-0.4, -0.2) is 37.5 Å². The average molecular weight is 433 g/mol. The molecule has 2 aromatic carbocycles. The number of hydrogen-bond acceptors (Lipinski definition) is 3. The number of carbonyl (C=O) groups is 1. The van der Waals surface area contributed by atoms with Gasteiger partial charge in [-0.25, -0.2) is 17.1 Å². The van der Waals surface area contributed by atoms with Gasteiger partial charge in [0.05, 0.1) is 11.8 Å². The van der Waals surface area contributed by atoms with Crippen LogP contribution in [0.1, 0.15) is 49.8 Å². The zero-order valence-electron chi connectivity index (χ0n) is 17.3. The molecule has 0 radical (unpaired) electrons. The standard InChI is InChI=1S/C23H29FN2O3S/c1-2-3-17-30(28,29)26-15-13-20(14-16-26)23(27)25-22(18-7-5-4-6-8-18)19-9-11-21(24)12-10-19/h4-12,20,22H,2-3,13-17H2,1H3,(H,25,27). The summed E-state index contributed by atoms with van der Waals surface area (Å²) in [5.41, 5.74) is 1.72. The molecule has 30 heavy (non-hydrogen) atoms. The molecule has 5 nitrogen and oxygen atoms in total. The number of benzene rings is 2. The minimum absolute atomic E-state index is 0.0983. The van der Waals surface area contributed by atoms with Gasteiger partial charge in [-0.15, -0.1) is 0 Å². The Morgan fingerprint density at radius 3 is 2.27 bits per heavy atom. The normalized spacial score (nSPS) is 16.9. The number of nitrogens with one attached hydrogen (secondary N) is 1. The van der Waals surface area contributed by atoms with E-state index in [1.54, 1.807) is 12.1 Å². The maximum absolute atomic E-state index is 13.4. The van der Waals surface area contributed by atoms with Crippen molar-refractivity contribution in [1.29, 1.82) is 0 Å². The first-order valence-corrected chi connectivity index (χ1v) is 12.1. The molecule has 0 aliphatic carbocycles. The Morgan fingerprint density at radius 1 is 1.07 bits per heavy atom. The van der Waals surface area contributed by atoms with Crippen LogP contribution in [0.5, 0.6) is 0 Å². The Labute approximate surface area is 178 Å². The van der Waals surface area contributed by atoms with Crippen molar-refractivity contribution in [2.24, 2.45) is 5.92 Å². The van der Waals surface area contributed by atoms with Gasteiger partial charge in [0.25, 0.3) is 0 Å². The van der Waals surface area contributed by atoms with Crippen molar-refractivity contribution in [1.82, 2.24) is 9.62 Å². The van der Waals surface area contributed by atoms with Crippen LogP contribution in [0.25, 0.3) is 0 Å². The molecule has 1 atom stereocenters.